The van der Waals surface area contributed by atoms with Crippen LogP contribution in [0.25, 0.3) is 10.2 Å². The third kappa shape index (κ3) is 3.87. The molecule has 0 radical (unpaired) electrons. The Labute approximate surface area is 176 Å². The van der Waals surface area contributed by atoms with Gasteiger partial charge < -0.3 is 0 Å². The maximum Gasteiger partial charge on any atom is 0.260 e. The second-order valence-electron chi connectivity index (χ2n) is 6.32. The summed E-state index contributed by atoms with van der Waals surface area (Å²) in [4.78, 5) is 23.8. The van der Waals surface area contributed by atoms with E-state index in [-0.39, 0.29) is 5.91 Å². The van der Waals surface area contributed by atoms with Crippen LogP contribution in [0.15, 0.2) is 60.9 Å². The van der Waals surface area contributed by atoms with Crippen molar-refractivity contribution in [2.24, 2.45) is 0 Å². The summed E-state index contributed by atoms with van der Waals surface area (Å²) in [6, 6.07) is 14.4. The molecule has 0 saturated heterocycles. The van der Waals surface area contributed by atoms with Crippen molar-refractivity contribution in [3.8, 4) is 0 Å². The molecular weight excluding hydrogens is 413 g/mol. The molecule has 1 amide bonds. The summed E-state index contributed by atoms with van der Waals surface area (Å²) in [6.45, 7) is 2.34. The van der Waals surface area contributed by atoms with E-state index in [1.807, 2.05) is 31.2 Å². The van der Waals surface area contributed by atoms with Crippen LogP contribution >= 0.6 is 34.5 Å². The molecule has 0 N–H and O–H groups in total. The van der Waals surface area contributed by atoms with Crippen LogP contribution in [0.4, 0.5) is 5.13 Å². The Morgan fingerprint density at radius 2 is 1.86 bits per heavy atom. The van der Waals surface area contributed by atoms with Gasteiger partial charge in [-0.2, -0.15) is 0 Å². The minimum absolute atomic E-state index is 0.165. The molecule has 0 aliphatic rings. The summed E-state index contributed by atoms with van der Waals surface area (Å²) in [6.07, 6.45) is 3.42. The van der Waals surface area contributed by atoms with E-state index in [0.29, 0.717) is 27.3 Å². The lowest BCUT2D eigenvalue weighted by atomic mass is 10.2. The number of benzene rings is 2. The number of carbonyl (C=O) groups is 1. The highest BCUT2D eigenvalue weighted by Gasteiger charge is 2.22. The number of fused-ring (bicyclic) bond motifs is 1. The predicted molar refractivity (Wildman–Crippen MR) is 116 cm³/mol. The minimum Gasteiger partial charge on any atom is -0.279 e. The summed E-state index contributed by atoms with van der Waals surface area (Å²) in [5.41, 5.74) is 3.29. The van der Waals surface area contributed by atoms with Crippen LogP contribution in [0.5, 0.6) is 0 Å². The zero-order valence-corrected chi connectivity index (χ0v) is 17.2. The number of aromatic nitrogens is 2. The lowest BCUT2D eigenvalue weighted by Gasteiger charge is -2.20. The van der Waals surface area contributed by atoms with Crippen molar-refractivity contribution >= 4 is 55.8 Å². The van der Waals surface area contributed by atoms with Crippen LogP contribution < -0.4 is 4.90 Å². The minimum atomic E-state index is -0.165. The molecule has 4 nitrogen and oxygen atoms in total. The zero-order chi connectivity index (χ0) is 19.7. The van der Waals surface area contributed by atoms with Gasteiger partial charge in [0.15, 0.2) is 5.13 Å². The van der Waals surface area contributed by atoms with Crippen molar-refractivity contribution in [3.63, 3.8) is 0 Å². The molecule has 0 saturated carbocycles. The second kappa shape index (κ2) is 7.87. The van der Waals surface area contributed by atoms with E-state index < -0.39 is 0 Å². The van der Waals surface area contributed by atoms with Crippen molar-refractivity contribution in [3.05, 3.63) is 87.7 Å². The van der Waals surface area contributed by atoms with Gasteiger partial charge >= 0.3 is 0 Å². The van der Waals surface area contributed by atoms with Gasteiger partial charge in [-0.25, -0.2) is 4.98 Å². The van der Waals surface area contributed by atoms with E-state index in [1.54, 1.807) is 41.6 Å². The maximum atomic E-state index is 13.3. The summed E-state index contributed by atoms with van der Waals surface area (Å²) >= 11 is 13.7. The number of hydrogen-bond donors (Lipinski definition) is 0. The average Bonchev–Trinajstić information content (AvgIpc) is 3.10. The van der Waals surface area contributed by atoms with Crippen molar-refractivity contribution < 1.29 is 4.79 Å². The number of aryl methyl sites for hydroxylation is 1. The van der Waals surface area contributed by atoms with E-state index in [2.05, 4.69) is 4.98 Å². The molecule has 7 heteroatoms. The SMILES string of the molecule is Cc1cc(Cl)cc2sc(N(Cc3ccncc3)C(=O)c3cccc(Cl)c3)nc12. The highest BCUT2D eigenvalue weighted by molar-refractivity contribution is 7.22. The van der Waals surface area contributed by atoms with Gasteiger partial charge in [0, 0.05) is 28.0 Å². The van der Waals surface area contributed by atoms with Gasteiger partial charge in [0.25, 0.3) is 5.91 Å². The van der Waals surface area contributed by atoms with Gasteiger partial charge in [-0.1, -0.05) is 40.6 Å². The normalized spacial score (nSPS) is 11.0. The van der Waals surface area contributed by atoms with E-state index in [4.69, 9.17) is 28.2 Å². The maximum absolute atomic E-state index is 13.3. The summed E-state index contributed by atoms with van der Waals surface area (Å²) < 4.78 is 0.943. The summed E-state index contributed by atoms with van der Waals surface area (Å²) in [5, 5.41) is 1.78. The Bertz CT molecular complexity index is 1160. The predicted octanol–water partition coefficient (Wildman–Crippen LogP) is 6.15. The number of anilines is 1. The largest absolute Gasteiger partial charge is 0.279 e. The third-order valence-corrected chi connectivity index (χ3v) is 5.76. The standard InChI is InChI=1S/C21H15Cl2N3OS/c1-13-9-17(23)11-18-19(13)25-21(28-18)26(12-14-5-7-24-8-6-14)20(27)15-3-2-4-16(22)10-15/h2-11H,12H2,1H3. The molecule has 0 bridgehead atoms. The number of pyridine rings is 1. The van der Waals surface area contributed by atoms with E-state index in [0.717, 1.165) is 21.3 Å². The first-order chi connectivity index (χ1) is 13.5. The highest BCUT2D eigenvalue weighted by atomic mass is 35.5. The fourth-order valence-electron chi connectivity index (χ4n) is 2.93. The van der Waals surface area contributed by atoms with Crippen LogP contribution in [0.3, 0.4) is 0 Å². The Morgan fingerprint density at radius 3 is 2.61 bits per heavy atom. The average molecular weight is 428 g/mol. The Hall–Kier alpha value is -2.47. The Balaban J connectivity index is 1.80. The van der Waals surface area contributed by atoms with Gasteiger partial charge in [-0.15, -0.1) is 0 Å². The molecule has 2 aromatic heterocycles. The molecule has 2 heterocycles. The summed E-state index contributed by atoms with van der Waals surface area (Å²) in [7, 11) is 0. The number of halogens is 2. The molecule has 4 rings (SSSR count). The summed E-state index contributed by atoms with van der Waals surface area (Å²) in [5.74, 6) is -0.165. The molecule has 0 fully saturated rings. The van der Waals surface area contributed by atoms with Crippen LogP contribution in [-0.2, 0) is 6.54 Å². The zero-order valence-electron chi connectivity index (χ0n) is 14.9. The lowest BCUT2D eigenvalue weighted by molar-refractivity contribution is 0.0985. The number of hydrogen-bond acceptors (Lipinski definition) is 4. The number of carbonyl (C=O) groups excluding carboxylic acids is 1. The Kier molecular flexibility index (Phi) is 5.31. The van der Waals surface area contributed by atoms with Gasteiger partial charge in [0.1, 0.15) is 0 Å². The number of amides is 1. The fourth-order valence-corrected chi connectivity index (χ4v) is 4.54. The molecule has 28 heavy (non-hydrogen) atoms. The third-order valence-electron chi connectivity index (χ3n) is 4.28. The van der Waals surface area contributed by atoms with Gasteiger partial charge in [-0.05, 0) is 60.5 Å². The highest BCUT2D eigenvalue weighted by Crippen LogP contribution is 2.34. The molecule has 0 spiro atoms. The number of thiazole rings is 1. The van der Waals surface area contributed by atoms with Crippen LogP contribution in [0, 0.1) is 6.92 Å². The van der Waals surface area contributed by atoms with E-state index in [1.165, 1.54) is 11.3 Å². The number of nitrogens with zero attached hydrogens (tertiary/aromatic N) is 3. The van der Waals surface area contributed by atoms with Crippen molar-refractivity contribution in [2.75, 3.05) is 4.90 Å². The van der Waals surface area contributed by atoms with E-state index in [9.17, 15) is 4.79 Å². The van der Waals surface area contributed by atoms with Crippen LogP contribution in [0.2, 0.25) is 10.0 Å². The number of rotatable bonds is 4. The topological polar surface area (TPSA) is 46.1 Å². The van der Waals surface area contributed by atoms with Crippen LogP contribution in [0.1, 0.15) is 21.5 Å². The van der Waals surface area contributed by atoms with Crippen LogP contribution in [-0.4, -0.2) is 15.9 Å². The monoisotopic (exact) mass is 427 g/mol. The first-order valence-corrected chi connectivity index (χ1v) is 10.1. The molecule has 0 atom stereocenters. The first kappa shape index (κ1) is 18.9. The molecule has 0 unspecified atom stereocenters. The molecule has 2 aromatic carbocycles. The van der Waals surface area contributed by atoms with Crippen molar-refractivity contribution in [2.45, 2.75) is 13.5 Å². The van der Waals surface area contributed by atoms with Gasteiger partial charge in [0.05, 0.1) is 16.8 Å². The van der Waals surface area contributed by atoms with Gasteiger partial charge in [-0.3, -0.25) is 14.7 Å². The van der Waals surface area contributed by atoms with Crippen molar-refractivity contribution in [1.82, 2.24) is 9.97 Å². The molecular formula is C21H15Cl2N3OS. The molecule has 140 valence electrons. The smallest absolute Gasteiger partial charge is 0.260 e. The lowest BCUT2D eigenvalue weighted by Crippen LogP contribution is -2.30. The first-order valence-electron chi connectivity index (χ1n) is 8.54. The fraction of sp³-hybridized carbons (Fsp3) is 0.0952. The second-order valence-corrected chi connectivity index (χ2v) is 8.20. The van der Waals surface area contributed by atoms with E-state index >= 15 is 0 Å². The quantitative estimate of drug-likeness (QED) is 0.392. The van der Waals surface area contributed by atoms with Crippen molar-refractivity contribution in [1.29, 1.82) is 0 Å². The Morgan fingerprint density at radius 1 is 1.07 bits per heavy atom. The van der Waals surface area contributed by atoms with Gasteiger partial charge in [0.2, 0.25) is 0 Å². The molecule has 0 aliphatic carbocycles. The molecule has 4 aromatic rings. The molecule has 0 aliphatic heterocycles.